The van der Waals surface area contributed by atoms with Gasteiger partial charge in [-0.05, 0) is 93.3 Å². The average molecular weight is 572 g/mol. The van der Waals surface area contributed by atoms with E-state index in [0.717, 1.165) is 52.7 Å². The lowest BCUT2D eigenvalue weighted by atomic mass is 9.67. The average Bonchev–Trinajstić information content (AvgIpc) is 3.39. The van der Waals surface area contributed by atoms with Gasteiger partial charge in [0.1, 0.15) is 11.4 Å². The van der Waals surface area contributed by atoms with E-state index >= 15 is 0 Å². The fraction of sp³-hybridized carbons (Fsp3) is 0.500. The second-order valence-electron chi connectivity index (χ2n) is 13.9. The molecule has 0 bridgehead atoms. The molecular weight excluding hydrogens is 530 g/mol. The minimum atomic E-state index is -0.564. The van der Waals surface area contributed by atoms with E-state index in [1.165, 1.54) is 0 Å². The van der Waals surface area contributed by atoms with E-state index in [4.69, 9.17) is 9.47 Å². The normalized spacial score (nSPS) is 20.5. The number of aromatic nitrogens is 1. The summed E-state index contributed by atoms with van der Waals surface area (Å²) in [5.41, 5.74) is 3.39. The number of likely N-dealkylation sites (tertiary alicyclic amines) is 1. The first-order valence-corrected chi connectivity index (χ1v) is 14.9. The Kier molecular flexibility index (Phi) is 6.67. The minimum Gasteiger partial charge on any atom is -0.497 e. The van der Waals surface area contributed by atoms with Crippen LogP contribution >= 0.6 is 0 Å². The Bertz CT molecular complexity index is 1570. The van der Waals surface area contributed by atoms with Crippen molar-refractivity contribution in [3.8, 4) is 5.75 Å². The van der Waals surface area contributed by atoms with Crippen LogP contribution in [0.5, 0.6) is 5.75 Å². The van der Waals surface area contributed by atoms with Crippen molar-refractivity contribution in [1.82, 2.24) is 14.8 Å². The molecule has 2 heterocycles. The Morgan fingerprint density at radius 1 is 1.07 bits per heavy atom. The van der Waals surface area contributed by atoms with Crippen LogP contribution < -0.4 is 10.1 Å². The molecule has 1 spiro atoms. The highest BCUT2D eigenvalue weighted by Gasteiger charge is 2.58. The molecule has 1 aliphatic heterocycles. The van der Waals surface area contributed by atoms with Crippen LogP contribution in [-0.2, 0) is 16.7 Å². The standard InChI is InChI=1S/C34H41N3O5/c1-32(2,3)42-31(40)36-16-13-23(19-36)35-30(39)22-9-12-26-25(17-22)27-28(29(38)34(14-15-34)20-33(27,4)5)37(26)18-21-7-10-24(41-6)11-8-21/h7-12,17,23H,13-16,18-20H2,1-6H3,(H,35,39). The Hall–Kier alpha value is -3.81. The molecule has 1 saturated carbocycles. The van der Waals surface area contributed by atoms with Crippen LogP contribution in [-0.4, -0.2) is 59.1 Å². The van der Waals surface area contributed by atoms with E-state index in [9.17, 15) is 14.4 Å². The first-order chi connectivity index (χ1) is 19.8. The van der Waals surface area contributed by atoms with Gasteiger partial charge in [-0.25, -0.2) is 4.79 Å². The first kappa shape index (κ1) is 28.3. The lowest BCUT2D eigenvalue weighted by Crippen LogP contribution is -2.40. The Morgan fingerprint density at radius 2 is 1.79 bits per heavy atom. The van der Waals surface area contributed by atoms with Gasteiger partial charge in [0, 0.05) is 47.6 Å². The summed E-state index contributed by atoms with van der Waals surface area (Å²) in [4.78, 5) is 41.7. The number of hydrogen-bond acceptors (Lipinski definition) is 5. The van der Waals surface area contributed by atoms with Crippen LogP contribution in [0.25, 0.3) is 10.9 Å². The first-order valence-electron chi connectivity index (χ1n) is 14.9. The summed E-state index contributed by atoms with van der Waals surface area (Å²) in [6.07, 6.45) is 3.02. The number of ether oxygens (including phenoxy) is 2. The summed E-state index contributed by atoms with van der Waals surface area (Å²) in [5.74, 6) is 0.850. The van der Waals surface area contributed by atoms with Crippen LogP contribution in [0, 0.1) is 5.41 Å². The molecule has 1 atom stereocenters. The van der Waals surface area contributed by atoms with Gasteiger partial charge < -0.3 is 24.3 Å². The molecule has 6 rings (SSSR count). The summed E-state index contributed by atoms with van der Waals surface area (Å²) in [5, 5.41) is 4.08. The number of ketones is 1. The van der Waals surface area contributed by atoms with E-state index in [1.54, 1.807) is 12.0 Å². The molecule has 2 aliphatic carbocycles. The maximum absolute atomic E-state index is 14.0. The zero-order valence-corrected chi connectivity index (χ0v) is 25.5. The molecule has 3 aliphatic rings. The molecule has 2 aromatic carbocycles. The van der Waals surface area contributed by atoms with Crippen LogP contribution in [0.4, 0.5) is 4.79 Å². The molecule has 2 amide bonds. The fourth-order valence-electron chi connectivity index (χ4n) is 6.95. The van der Waals surface area contributed by atoms with E-state index < -0.39 is 5.60 Å². The quantitative estimate of drug-likeness (QED) is 0.401. The third kappa shape index (κ3) is 5.05. The minimum absolute atomic E-state index is 0.151. The summed E-state index contributed by atoms with van der Waals surface area (Å²) in [6.45, 7) is 11.5. The Labute approximate surface area is 247 Å². The van der Waals surface area contributed by atoms with Crippen molar-refractivity contribution >= 4 is 28.7 Å². The van der Waals surface area contributed by atoms with Crippen LogP contribution in [0.2, 0.25) is 0 Å². The van der Waals surface area contributed by atoms with Crippen LogP contribution in [0.3, 0.4) is 0 Å². The van der Waals surface area contributed by atoms with Gasteiger partial charge in [-0.3, -0.25) is 9.59 Å². The highest BCUT2D eigenvalue weighted by atomic mass is 16.6. The third-order valence-electron chi connectivity index (χ3n) is 9.01. The summed E-state index contributed by atoms with van der Waals surface area (Å²) < 4.78 is 13.0. The van der Waals surface area contributed by atoms with Crippen molar-refractivity contribution in [2.24, 2.45) is 5.41 Å². The number of rotatable bonds is 5. The number of fused-ring (bicyclic) bond motifs is 3. The maximum Gasteiger partial charge on any atom is 0.410 e. The largest absolute Gasteiger partial charge is 0.497 e. The molecule has 0 radical (unpaired) electrons. The van der Waals surface area contributed by atoms with E-state index in [2.05, 4.69) is 23.7 Å². The molecular formula is C34H41N3O5. The van der Waals surface area contributed by atoms with Crippen molar-refractivity contribution in [2.75, 3.05) is 20.2 Å². The van der Waals surface area contributed by atoms with Crippen molar-refractivity contribution in [3.63, 3.8) is 0 Å². The van der Waals surface area contributed by atoms with Gasteiger partial charge >= 0.3 is 6.09 Å². The molecule has 8 heteroatoms. The third-order valence-corrected chi connectivity index (χ3v) is 9.01. The van der Waals surface area contributed by atoms with Crippen molar-refractivity contribution < 1.29 is 23.9 Å². The highest BCUT2D eigenvalue weighted by molar-refractivity contribution is 6.10. The van der Waals surface area contributed by atoms with Crippen molar-refractivity contribution in [3.05, 3.63) is 64.8 Å². The van der Waals surface area contributed by atoms with Gasteiger partial charge in [-0.2, -0.15) is 0 Å². The van der Waals surface area contributed by atoms with Crippen molar-refractivity contribution in [2.45, 2.75) is 83.9 Å². The summed E-state index contributed by atoms with van der Waals surface area (Å²) in [7, 11) is 1.65. The zero-order valence-electron chi connectivity index (χ0n) is 25.5. The van der Waals surface area contributed by atoms with Gasteiger partial charge in [0.05, 0.1) is 12.8 Å². The van der Waals surface area contributed by atoms with Gasteiger partial charge in [-0.1, -0.05) is 26.0 Å². The molecule has 1 unspecified atom stereocenters. The predicted octanol–water partition coefficient (Wildman–Crippen LogP) is 6.08. The molecule has 3 aromatic rings. The van der Waals surface area contributed by atoms with Gasteiger partial charge in [0.15, 0.2) is 5.78 Å². The summed E-state index contributed by atoms with van der Waals surface area (Å²) >= 11 is 0. The lowest BCUT2D eigenvalue weighted by molar-refractivity contribution is 0.0290. The lowest BCUT2D eigenvalue weighted by Gasteiger charge is -2.36. The van der Waals surface area contributed by atoms with E-state index in [-0.39, 0.29) is 34.7 Å². The molecule has 8 nitrogen and oxygen atoms in total. The molecule has 1 saturated heterocycles. The smallest absolute Gasteiger partial charge is 0.410 e. The summed E-state index contributed by atoms with van der Waals surface area (Å²) in [6, 6.07) is 13.6. The number of benzene rings is 2. The SMILES string of the molecule is COc1ccc(Cn2c3c(c4cc(C(=O)NC5CCN(C(=O)OC(C)(C)C)C5)ccc42)C(C)(C)CC2(CC2)C3=O)cc1. The monoisotopic (exact) mass is 571 g/mol. The second-order valence-corrected chi connectivity index (χ2v) is 13.9. The van der Waals surface area contributed by atoms with Gasteiger partial charge in [0.2, 0.25) is 0 Å². The fourth-order valence-corrected chi connectivity index (χ4v) is 6.95. The number of nitrogens with one attached hydrogen (secondary N) is 1. The molecule has 1 N–H and O–H groups in total. The topological polar surface area (TPSA) is 89.9 Å². The maximum atomic E-state index is 14.0. The molecule has 1 aromatic heterocycles. The van der Waals surface area contributed by atoms with Gasteiger partial charge in [-0.15, -0.1) is 0 Å². The molecule has 2 fully saturated rings. The number of methoxy groups -OCH3 is 1. The van der Waals surface area contributed by atoms with E-state index in [0.29, 0.717) is 31.6 Å². The number of carbonyl (C=O) groups is 3. The molecule has 42 heavy (non-hydrogen) atoms. The number of nitrogens with zero attached hydrogens (tertiary/aromatic N) is 2. The Morgan fingerprint density at radius 3 is 2.43 bits per heavy atom. The predicted molar refractivity (Wildman–Crippen MR) is 161 cm³/mol. The molecule has 222 valence electrons. The second kappa shape index (κ2) is 9.89. The number of hydrogen-bond donors (Lipinski definition) is 1. The number of amides is 2. The Balaban J connectivity index is 1.32. The van der Waals surface area contributed by atoms with Crippen molar-refractivity contribution in [1.29, 1.82) is 0 Å². The van der Waals surface area contributed by atoms with E-state index in [1.807, 2.05) is 63.2 Å². The van der Waals surface area contributed by atoms with Gasteiger partial charge in [0.25, 0.3) is 5.91 Å². The highest BCUT2D eigenvalue weighted by Crippen LogP contribution is 2.61. The number of Topliss-reactive ketones (excluding diaryl/α,β-unsaturated/α-hetero) is 1. The number of carbonyl (C=O) groups excluding carboxylic acids is 3. The zero-order chi connectivity index (χ0) is 30.0. The van der Waals surface area contributed by atoms with Crippen LogP contribution in [0.15, 0.2) is 42.5 Å². The van der Waals surface area contributed by atoms with Crippen LogP contribution in [0.1, 0.15) is 92.3 Å².